The number of hydrogen-bond donors (Lipinski definition) is 2. The van der Waals surface area contributed by atoms with E-state index in [1.165, 1.54) is 0 Å². The van der Waals surface area contributed by atoms with Crippen molar-refractivity contribution < 1.29 is 4.74 Å². The molecule has 7 heteroatoms. The number of hydrogen-bond acceptors (Lipinski definition) is 5. The maximum Gasteiger partial charge on any atom is 0.229 e. The summed E-state index contributed by atoms with van der Waals surface area (Å²) in [5.74, 6) is 1.73. The molecule has 0 saturated heterocycles. The summed E-state index contributed by atoms with van der Waals surface area (Å²) in [5.41, 5.74) is 1.39. The molecule has 0 saturated carbocycles. The number of anilines is 4. The van der Waals surface area contributed by atoms with E-state index in [9.17, 15) is 0 Å². The first kappa shape index (κ1) is 18.3. The van der Waals surface area contributed by atoms with Gasteiger partial charge in [0.05, 0.1) is 27.5 Å². The van der Waals surface area contributed by atoms with E-state index in [1.807, 2.05) is 38.1 Å². The van der Waals surface area contributed by atoms with E-state index in [1.54, 1.807) is 30.5 Å². The summed E-state index contributed by atoms with van der Waals surface area (Å²) in [6.07, 6.45) is 1.71. The Morgan fingerprint density at radius 2 is 1.65 bits per heavy atom. The van der Waals surface area contributed by atoms with Gasteiger partial charge >= 0.3 is 0 Å². The monoisotopic (exact) mass is 388 g/mol. The van der Waals surface area contributed by atoms with Crippen molar-refractivity contribution in [3.63, 3.8) is 0 Å². The molecule has 26 heavy (non-hydrogen) atoms. The molecule has 0 aliphatic heterocycles. The van der Waals surface area contributed by atoms with Crippen LogP contribution in [0.5, 0.6) is 5.75 Å². The Balaban J connectivity index is 1.83. The van der Waals surface area contributed by atoms with Crippen molar-refractivity contribution in [2.75, 3.05) is 10.6 Å². The molecule has 0 radical (unpaired) electrons. The average Bonchev–Trinajstić information content (AvgIpc) is 2.60. The van der Waals surface area contributed by atoms with E-state index in [0.29, 0.717) is 27.5 Å². The van der Waals surface area contributed by atoms with Gasteiger partial charge in [-0.05, 0) is 44.2 Å². The molecule has 2 N–H and O–H groups in total. The molecule has 1 heterocycles. The fourth-order valence-corrected chi connectivity index (χ4v) is 2.77. The molecule has 0 amide bonds. The molecular weight excluding hydrogens is 371 g/mol. The van der Waals surface area contributed by atoms with Crippen molar-refractivity contribution in [2.45, 2.75) is 20.0 Å². The van der Waals surface area contributed by atoms with Crippen molar-refractivity contribution >= 4 is 46.3 Å². The van der Waals surface area contributed by atoms with Gasteiger partial charge in [0.15, 0.2) is 0 Å². The third kappa shape index (κ3) is 4.56. The lowest BCUT2D eigenvalue weighted by molar-refractivity contribution is 0.244. The van der Waals surface area contributed by atoms with E-state index in [2.05, 4.69) is 20.6 Å². The van der Waals surface area contributed by atoms with Crippen LogP contribution in [0.15, 0.2) is 54.7 Å². The van der Waals surface area contributed by atoms with Gasteiger partial charge in [0.25, 0.3) is 0 Å². The third-order valence-corrected chi connectivity index (χ3v) is 4.00. The molecule has 0 aliphatic carbocycles. The fourth-order valence-electron chi connectivity index (χ4n) is 2.28. The summed E-state index contributed by atoms with van der Waals surface area (Å²) in [6.45, 7) is 3.95. The second-order valence-electron chi connectivity index (χ2n) is 5.77. The van der Waals surface area contributed by atoms with Gasteiger partial charge in [-0.15, -0.1) is 0 Å². The van der Waals surface area contributed by atoms with Crippen molar-refractivity contribution in [2.24, 2.45) is 0 Å². The topological polar surface area (TPSA) is 59.1 Å². The van der Waals surface area contributed by atoms with Gasteiger partial charge in [-0.25, -0.2) is 4.98 Å². The zero-order valence-electron chi connectivity index (χ0n) is 14.3. The number of ether oxygens (including phenoxy) is 1. The first-order chi connectivity index (χ1) is 12.5. The minimum Gasteiger partial charge on any atom is -0.489 e. The number of nitrogens with one attached hydrogen (secondary N) is 2. The minimum absolute atomic E-state index is 0.0641. The Labute approximate surface area is 162 Å². The van der Waals surface area contributed by atoms with Crippen LogP contribution >= 0.6 is 23.2 Å². The largest absolute Gasteiger partial charge is 0.489 e. The number of nitrogens with zero attached hydrogens (tertiary/aromatic N) is 2. The molecule has 5 nitrogen and oxygen atoms in total. The molecule has 0 atom stereocenters. The summed E-state index contributed by atoms with van der Waals surface area (Å²) >= 11 is 12.4. The van der Waals surface area contributed by atoms with Crippen LogP contribution < -0.4 is 15.4 Å². The van der Waals surface area contributed by atoms with Crippen LogP contribution in [0.25, 0.3) is 0 Å². The van der Waals surface area contributed by atoms with Crippen LogP contribution in [0.4, 0.5) is 23.1 Å². The summed E-state index contributed by atoms with van der Waals surface area (Å²) < 4.78 is 5.81. The molecule has 3 rings (SSSR count). The minimum atomic E-state index is 0.0641. The normalized spacial score (nSPS) is 10.7. The number of benzene rings is 2. The zero-order chi connectivity index (χ0) is 18.5. The van der Waals surface area contributed by atoms with E-state index in [0.717, 1.165) is 11.4 Å². The number of halogens is 2. The van der Waals surface area contributed by atoms with Crippen molar-refractivity contribution in [1.82, 2.24) is 9.97 Å². The highest BCUT2D eigenvalue weighted by Gasteiger charge is 2.09. The van der Waals surface area contributed by atoms with Gasteiger partial charge in [-0.2, -0.15) is 4.98 Å². The number of para-hydroxylation sites is 3. The summed E-state index contributed by atoms with van der Waals surface area (Å²) in [5, 5.41) is 7.34. The molecular formula is C19H18Cl2N4O. The molecule has 3 aromatic rings. The first-order valence-electron chi connectivity index (χ1n) is 8.09. The van der Waals surface area contributed by atoms with Crippen LogP contribution in [-0.2, 0) is 0 Å². The lowest BCUT2D eigenvalue weighted by Gasteiger charge is -2.15. The Kier molecular flexibility index (Phi) is 5.81. The van der Waals surface area contributed by atoms with Crippen LogP contribution in [0, 0.1) is 0 Å². The molecule has 1 aromatic heterocycles. The smallest absolute Gasteiger partial charge is 0.229 e. The standard InChI is InChI=1S/C19H18Cl2N4O/c1-12(2)26-16-9-4-3-8-15(16)23-19-22-11-10-17(25-19)24-18-13(20)6-5-7-14(18)21/h3-12H,1-2H3,(H2,22,23,24,25). The lowest BCUT2D eigenvalue weighted by atomic mass is 10.3. The molecule has 134 valence electrons. The van der Waals surface area contributed by atoms with Crippen molar-refractivity contribution in [3.8, 4) is 5.75 Å². The second kappa shape index (κ2) is 8.25. The summed E-state index contributed by atoms with van der Waals surface area (Å²) in [7, 11) is 0. The highest BCUT2D eigenvalue weighted by molar-refractivity contribution is 6.39. The molecule has 0 aliphatic rings. The second-order valence-corrected chi connectivity index (χ2v) is 6.59. The van der Waals surface area contributed by atoms with Gasteiger partial charge in [0.2, 0.25) is 5.95 Å². The number of rotatable bonds is 6. The maximum atomic E-state index is 6.20. The van der Waals surface area contributed by atoms with Crippen LogP contribution in [-0.4, -0.2) is 16.1 Å². The first-order valence-corrected chi connectivity index (χ1v) is 8.85. The fraction of sp³-hybridized carbons (Fsp3) is 0.158. The highest BCUT2D eigenvalue weighted by atomic mass is 35.5. The van der Waals surface area contributed by atoms with E-state index < -0.39 is 0 Å². The quantitative estimate of drug-likeness (QED) is 0.537. The molecule has 0 spiro atoms. The Hall–Kier alpha value is -2.50. The van der Waals surface area contributed by atoms with E-state index >= 15 is 0 Å². The molecule has 2 aromatic carbocycles. The Morgan fingerprint density at radius 1 is 0.923 bits per heavy atom. The Morgan fingerprint density at radius 3 is 2.38 bits per heavy atom. The Bertz CT molecular complexity index is 882. The van der Waals surface area contributed by atoms with Gasteiger partial charge in [0.1, 0.15) is 11.6 Å². The van der Waals surface area contributed by atoms with Crippen molar-refractivity contribution in [3.05, 3.63) is 64.8 Å². The SMILES string of the molecule is CC(C)Oc1ccccc1Nc1nccc(Nc2c(Cl)cccc2Cl)n1. The zero-order valence-corrected chi connectivity index (χ0v) is 15.8. The highest BCUT2D eigenvalue weighted by Crippen LogP contribution is 2.32. The van der Waals surface area contributed by atoms with Crippen LogP contribution in [0.1, 0.15) is 13.8 Å². The van der Waals surface area contributed by atoms with Gasteiger partial charge in [-0.1, -0.05) is 41.4 Å². The third-order valence-electron chi connectivity index (χ3n) is 3.37. The lowest BCUT2D eigenvalue weighted by Crippen LogP contribution is -2.08. The molecule has 0 fully saturated rings. The molecule has 0 unspecified atom stereocenters. The predicted molar refractivity (Wildman–Crippen MR) is 107 cm³/mol. The van der Waals surface area contributed by atoms with Gasteiger partial charge in [0, 0.05) is 6.20 Å². The van der Waals surface area contributed by atoms with Crippen LogP contribution in [0.3, 0.4) is 0 Å². The van der Waals surface area contributed by atoms with Gasteiger partial charge < -0.3 is 15.4 Å². The maximum absolute atomic E-state index is 6.20. The van der Waals surface area contributed by atoms with E-state index in [-0.39, 0.29) is 6.10 Å². The van der Waals surface area contributed by atoms with Gasteiger partial charge in [-0.3, -0.25) is 0 Å². The van der Waals surface area contributed by atoms with Crippen LogP contribution in [0.2, 0.25) is 10.0 Å². The molecule has 0 bridgehead atoms. The average molecular weight is 389 g/mol. The van der Waals surface area contributed by atoms with Crippen molar-refractivity contribution in [1.29, 1.82) is 0 Å². The predicted octanol–water partition coefficient (Wildman–Crippen LogP) is 6.06. The number of aromatic nitrogens is 2. The van der Waals surface area contributed by atoms with E-state index in [4.69, 9.17) is 27.9 Å². The summed E-state index contributed by atoms with van der Waals surface area (Å²) in [6, 6.07) is 14.7. The summed E-state index contributed by atoms with van der Waals surface area (Å²) in [4.78, 5) is 8.72.